The predicted octanol–water partition coefficient (Wildman–Crippen LogP) is 2.44. The quantitative estimate of drug-likeness (QED) is 0.841. The van der Waals surface area contributed by atoms with Crippen molar-refractivity contribution in [1.29, 1.82) is 0 Å². The Bertz CT molecular complexity index is 335. The summed E-state index contributed by atoms with van der Waals surface area (Å²) >= 11 is 2.22. The van der Waals surface area contributed by atoms with E-state index in [0.717, 1.165) is 9.32 Å². The van der Waals surface area contributed by atoms with Gasteiger partial charge >= 0.3 is 0 Å². The number of benzene rings is 1. The molecule has 1 aromatic rings. The van der Waals surface area contributed by atoms with Gasteiger partial charge in [0, 0.05) is 10.1 Å². The van der Waals surface area contributed by atoms with Gasteiger partial charge in [-0.05, 0) is 52.8 Å². The Hall–Kier alpha value is -0.780. The van der Waals surface area contributed by atoms with E-state index in [4.69, 9.17) is 4.74 Å². The number of nitrogens with one attached hydrogen (secondary N) is 1. The molecule has 0 unspecified atom stereocenters. The van der Waals surface area contributed by atoms with Crippen LogP contribution in [0.1, 0.15) is 13.8 Å². The largest absolute Gasteiger partial charge is 0.484 e. The summed E-state index contributed by atoms with van der Waals surface area (Å²) in [4.78, 5) is 11.4. The molecule has 16 heavy (non-hydrogen) atoms. The number of hydrogen-bond acceptors (Lipinski definition) is 2. The fourth-order valence-corrected chi connectivity index (χ4v) is 1.41. The van der Waals surface area contributed by atoms with E-state index in [1.807, 2.05) is 24.3 Å². The molecule has 0 saturated heterocycles. The topological polar surface area (TPSA) is 38.3 Å². The summed E-state index contributed by atoms with van der Waals surface area (Å²) in [5, 5.41) is 2.80. The molecule has 0 aromatic heterocycles. The lowest BCUT2D eigenvalue weighted by Crippen LogP contribution is -2.31. The Morgan fingerprint density at radius 2 is 2.00 bits per heavy atom. The first kappa shape index (κ1) is 13.3. The lowest BCUT2D eigenvalue weighted by molar-refractivity contribution is -0.123. The number of ether oxygens (including phenoxy) is 1. The fraction of sp³-hybridized carbons (Fsp3) is 0.417. The molecule has 1 aromatic carbocycles. The van der Waals surface area contributed by atoms with E-state index in [2.05, 4.69) is 41.8 Å². The first-order chi connectivity index (χ1) is 7.58. The van der Waals surface area contributed by atoms with Crippen LogP contribution < -0.4 is 10.1 Å². The van der Waals surface area contributed by atoms with Gasteiger partial charge in [-0.15, -0.1) is 0 Å². The van der Waals surface area contributed by atoms with Crippen LogP contribution in [0, 0.1) is 9.49 Å². The smallest absolute Gasteiger partial charge is 0.257 e. The molecule has 1 rings (SSSR count). The summed E-state index contributed by atoms with van der Waals surface area (Å²) in [6, 6.07) is 7.61. The minimum absolute atomic E-state index is 0.0766. The molecule has 0 bridgehead atoms. The van der Waals surface area contributed by atoms with Crippen LogP contribution in [0.3, 0.4) is 0 Å². The monoisotopic (exact) mass is 333 g/mol. The van der Waals surface area contributed by atoms with Crippen molar-refractivity contribution < 1.29 is 9.53 Å². The lowest BCUT2D eigenvalue weighted by Gasteiger charge is -2.09. The average molecular weight is 333 g/mol. The molecule has 0 atom stereocenters. The zero-order chi connectivity index (χ0) is 12.0. The highest BCUT2D eigenvalue weighted by Gasteiger charge is 2.03. The van der Waals surface area contributed by atoms with Gasteiger partial charge in [0.15, 0.2) is 6.61 Å². The Morgan fingerprint density at radius 3 is 2.56 bits per heavy atom. The highest BCUT2D eigenvalue weighted by Crippen LogP contribution is 2.13. The molecule has 0 radical (unpaired) electrons. The van der Waals surface area contributed by atoms with Crippen LogP contribution in [0.4, 0.5) is 0 Å². The summed E-state index contributed by atoms with van der Waals surface area (Å²) in [6.07, 6.45) is 0. The third-order valence-corrected chi connectivity index (χ3v) is 2.61. The van der Waals surface area contributed by atoms with E-state index in [1.54, 1.807) is 0 Å². The van der Waals surface area contributed by atoms with Crippen molar-refractivity contribution in [3.63, 3.8) is 0 Å². The summed E-state index contributed by atoms with van der Waals surface area (Å²) in [5.74, 6) is 1.11. The van der Waals surface area contributed by atoms with Crippen molar-refractivity contribution in [2.24, 2.45) is 5.92 Å². The van der Waals surface area contributed by atoms with Crippen LogP contribution in [0.15, 0.2) is 24.3 Å². The third kappa shape index (κ3) is 5.34. The summed E-state index contributed by atoms with van der Waals surface area (Å²) in [7, 11) is 0. The maximum Gasteiger partial charge on any atom is 0.257 e. The SMILES string of the molecule is CC(C)CNC(=O)COc1ccc(I)cc1. The van der Waals surface area contributed by atoms with E-state index in [9.17, 15) is 4.79 Å². The number of carbonyl (C=O) groups excluding carboxylic acids is 1. The molecule has 4 heteroatoms. The van der Waals surface area contributed by atoms with E-state index >= 15 is 0 Å². The van der Waals surface area contributed by atoms with Crippen LogP contribution in [-0.2, 0) is 4.79 Å². The van der Waals surface area contributed by atoms with E-state index in [1.165, 1.54) is 0 Å². The van der Waals surface area contributed by atoms with Crippen molar-refractivity contribution in [2.45, 2.75) is 13.8 Å². The maximum absolute atomic E-state index is 11.4. The summed E-state index contributed by atoms with van der Waals surface area (Å²) in [5.41, 5.74) is 0. The maximum atomic E-state index is 11.4. The van der Waals surface area contributed by atoms with Crippen LogP contribution in [0.2, 0.25) is 0 Å². The molecule has 0 saturated carbocycles. The zero-order valence-electron chi connectivity index (χ0n) is 9.50. The van der Waals surface area contributed by atoms with Gasteiger partial charge in [-0.3, -0.25) is 4.79 Å². The number of hydrogen-bond donors (Lipinski definition) is 1. The molecular weight excluding hydrogens is 317 g/mol. The minimum atomic E-state index is -0.0766. The average Bonchev–Trinajstić information content (AvgIpc) is 2.25. The summed E-state index contributed by atoms with van der Waals surface area (Å²) in [6.45, 7) is 4.88. The molecule has 0 aliphatic heterocycles. The molecule has 0 aliphatic rings. The number of amides is 1. The van der Waals surface area contributed by atoms with Gasteiger partial charge in [0.2, 0.25) is 0 Å². The van der Waals surface area contributed by atoms with Crippen LogP contribution in [0.25, 0.3) is 0 Å². The highest BCUT2D eigenvalue weighted by atomic mass is 127. The van der Waals surface area contributed by atoms with E-state index in [0.29, 0.717) is 12.5 Å². The second-order valence-corrected chi connectivity index (χ2v) is 5.19. The molecule has 0 spiro atoms. The Balaban J connectivity index is 2.29. The molecule has 0 fully saturated rings. The van der Waals surface area contributed by atoms with Gasteiger partial charge in [-0.1, -0.05) is 13.8 Å². The Kier molecular flexibility index (Phi) is 5.59. The van der Waals surface area contributed by atoms with Crippen molar-refractivity contribution in [3.8, 4) is 5.75 Å². The molecular formula is C12H16INO2. The van der Waals surface area contributed by atoms with Gasteiger partial charge in [-0.25, -0.2) is 0 Å². The zero-order valence-corrected chi connectivity index (χ0v) is 11.7. The van der Waals surface area contributed by atoms with Crippen molar-refractivity contribution in [3.05, 3.63) is 27.8 Å². The molecule has 1 amide bonds. The number of carbonyl (C=O) groups is 1. The van der Waals surface area contributed by atoms with Gasteiger partial charge in [0.1, 0.15) is 5.75 Å². The second kappa shape index (κ2) is 6.73. The van der Waals surface area contributed by atoms with Gasteiger partial charge < -0.3 is 10.1 Å². The highest BCUT2D eigenvalue weighted by molar-refractivity contribution is 14.1. The lowest BCUT2D eigenvalue weighted by atomic mass is 10.2. The number of rotatable bonds is 5. The Morgan fingerprint density at radius 1 is 1.38 bits per heavy atom. The minimum Gasteiger partial charge on any atom is -0.484 e. The first-order valence-corrected chi connectivity index (χ1v) is 6.31. The van der Waals surface area contributed by atoms with Gasteiger partial charge in [0.25, 0.3) is 5.91 Å². The molecule has 0 heterocycles. The molecule has 1 N–H and O–H groups in total. The van der Waals surface area contributed by atoms with Crippen molar-refractivity contribution in [1.82, 2.24) is 5.32 Å². The van der Waals surface area contributed by atoms with Gasteiger partial charge in [-0.2, -0.15) is 0 Å². The van der Waals surface area contributed by atoms with Crippen LogP contribution in [0.5, 0.6) is 5.75 Å². The van der Waals surface area contributed by atoms with Crippen molar-refractivity contribution in [2.75, 3.05) is 13.2 Å². The van der Waals surface area contributed by atoms with E-state index < -0.39 is 0 Å². The first-order valence-electron chi connectivity index (χ1n) is 5.23. The van der Waals surface area contributed by atoms with Crippen molar-refractivity contribution >= 4 is 28.5 Å². The van der Waals surface area contributed by atoms with Crippen LogP contribution in [-0.4, -0.2) is 19.1 Å². The molecule has 3 nitrogen and oxygen atoms in total. The third-order valence-electron chi connectivity index (χ3n) is 1.89. The van der Waals surface area contributed by atoms with E-state index in [-0.39, 0.29) is 12.5 Å². The normalized spacial score (nSPS) is 10.2. The molecule has 0 aliphatic carbocycles. The number of halogens is 1. The van der Waals surface area contributed by atoms with Gasteiger partial charge in [0.05, 0.1) is 0 Å². The fourth-order valence-electron chi connectivity index (χ4n) is 1.05. The second-order valence-electron chi connectivity index (χ2n) is 3.94. The molecule has 88 valence electrons. The standard InChI is InChI=1S/C12H16INO2/c1-9(2)7-14-12(15)8-16-11-5-3-10(13)4-6-11/h3-6,9H,7-8H2,1-2H3,(H,14,15). The Labute approximate surface area is 110 Å². The van der Waals surface area contributed by atoms with Crippen LogP contribution >= 0.6 is 22.6 Å². The predicted molar refractivity (Wildman–Crippen MR) is 72.5 cm³/mol. The summed E-state index contributed by atoms with van der Waals surface area (Å²) < 4.78 is 6.49.